The summed E-state index contributed by atoms with van der Waals surface area (Å²) in [4.78, 5) is 26.4. The second-order valence-corrected chi connectivity index (χ2v) is 4.72. The zero-order valence-electron chi connectivity index (χ0n) is 12.3. The molecular formula is C13H12F3N5O3. The van der Waals surface area contributed by atoms with Gasteiger partial charge in [0.2, 0.25) is 0 Å². The Labute approximate surface area is 133 Å². The fourth-order valence-corrected chi connectivity index (χ4v) is 1.74. The fourth-order valence-electron chi connectivity index (χ4n) is 1.74. The standard InChI is InChI=1S/C13H12F3N5O3/c1-2-8(12(23)24)18-11(22)9-6-21(20-19-9)10-4-3-7(5-17-10)13(14,15)16/h3-6,8H,2H2,1H3,(H,18,22)(H,23,24). The van der Waals surface area contributed by atoms with Crippen LogP contribution in [0.5, 0.6) is 0 Å². The smallest absolute Gasteiger partial charge is 0.417 e. The number of rotatable bonds is 5. The third-order valence-electron chi connectivity index (χ3n) is 3.05. The molecule has 2 aromatic rings. The van der Waals surface area contributed by atoms with Gasteiger partial charge < -0.3 is 10.4 Å². The van der Waals surface area contributed by atoms with E-state index in [-0.39, 0.29) is 17.9 Å². The van der Waals surface area contributed by atoms with Gasteiger partial charge in [-0.2, -0.15) is 13.2 Å². The lowest BCUT2D eigenvalue weighted by Gasteiger charge is -2.10. The van der Waals surface area contributed by atoms with Gasteiger partial charge in [-0.3, -0.25) is 4.79 Å². The molecule has 24 heavy (non-hydrogen) atoms. The highest BCUT2D eigenvalue weighted by Crippen LogP contribution is 2.28. The molecule has 0 radical (unpaired) electrons. The second-order valence-electron chi connectivity index (χ2n) is 4.72. The summed E-state index contributed by atoms with van der Waals surface area (Å²) in [6.07, 6.45) is -2.56. The maximum absolute atomic E-state index is 12.5. The number of carboxylic acids is 1. The minimum atomic E-state index is -4.51. The maximum Gasteiger partial charge on any atom is 0.417 e. The van der Waals surface area contributed by atoms with E-state index >= 15 is 0 Å². The van der Waals surface area contributed by atoms with E-state index < -0.39 is 29.7 Å². The Morgan fingerprint density at radius 3 is 2.58 bits per heavy atom. The number of carboxylic acid groups (broad SMARTS) is 1. The summed E-state index contributed by atoms with van der Waals surface area (Å²) < 4.78 is 38.4. The quantitative estimate of drug-likeness (QED) is 0.846. The lowest BCUT2D eigenvalue weighted by Crippen LogP contribution is -2.40. The van der Waals surface area contributed by atoms with Crippen molar-refractivity contribution in [1.82, 2.24) is 25.3 Å². The molecule has 0 fully saturated rings. The summed E-state index contributed by atoms with van der Waals surface area (Å²) in [5, 5.41) is 18.3. The van der Waals surface area contributed by atoms with Crippen molar-refractivity contribution in [3.63, 3.8) is 0 Å². The Hall–Kier alpha value is -2.98. The number of carbonyl (C=O) groups is 2. The molecule has 11 heteroatoms. The number of halogens is 3. The van der Waals surface area contributed by atoms with Crippen LogP contribution in [0.3, 0.4) is 0 Å². The first-order valence-corrected chi connectivity index (χ1v) is 6.72. The second kappa shape index (κ2) is 6.64. The zero-order chi connectivity index (χ0) is 17.9. The van der Waals surface area contributed by atoms with Crippen LogP contribution in [0.2, 0.25) is 0 Å². The number of carbonyl (C=O) groups excluding carboxylic acids is 1. The monoisotopic (exact) mass is 343 g/mol. The van der Waals surface area contributed by atoms with E-state index in [4.69, 9.17) is 5.11 Å². The fraction of sp³-hybridized carbons (Fsp3) is 0.308. The molecule has 2 N–H and O–H groups in total. The minimum absolute atomic E-state index is 0.0276. The summed E-state index contributed by atoms with van der Waals surface area (Å²) >= 11 is 0. The molecule has 1 amide bonds. The Kier molecular flexibility index (Phi) is 4.81. The maximum atomic E-state index is 12.5. The SMILES string of the molecule is CCC(NC(=O)c1cn(-c2ccc(C(F)(F)F)cn2)nn1)C(=O)O. The molecule has 0 bridgehead atoms. The molecule has 2 aromatic heterocycles. The van der Waals surface area contributed by atoms with Crippen molar-refractivity contribution in [1.29, 1.82) is 0 Å². The molecule has 8 nitrogen and oxygen atoms in total. The molecule has 0 aliphatic heterocycles. The first-order chi connectivity index (χ1) is 11.2. The predicted octanol–water partition coefficient (Wildman–Crippen LogP) is 1.27. The molecule has 1 unspecified atom stereocenters. The number of aromatic nitrogens is 4. The van der Waals surface area contributed by atoms with Gasteiger partial charge in [-0.05, 0) is 18.6 Å². The third kappa shape index (κ3) is 3.86. The van der Waals surface area contributed by atoms with Gasteiger partial charge in [0.15, 0.2) is 11.5 Å². The number of hydrogen-bond donors (Lipinski definition) is 2. The van der Waals surface area contributed by atoms with Crippen LogP contribution < -0.4 is 5.32 Å². The van der Waals surface area contributed by atoms with E-state index in [0.29, 0.717) is 6.20 Å². The van der Waals surface area contributed by atoms with Crippen molar-refractivity contribution in [2.24, 2.45) is 0 Å². The van der Waals surface area contributed by atoms with Gasteiger partial charge in [0.05, 0.1) is 11.8 Å². The number of alkyl halides is 3. The minimum Gasteiger partial charge on any atom is -0.480 e. The van der Waals surface area contributed by atoms with E-state index in [1.165, 1.54) is 0 Å². The van der Waals surface area contributed by atoms with Crippen molar-refractivity contribution in [2.45, 2.75) is 25.6 Å². The molecule has 0 aliphatic carbocycles. The summed E-state index contributed by atoms with van der Waals surface area (Å²) in [6.45, 7) is 1.59. The normalized spacial score (nSPS) is 12.7. The highest BCUT2D eigenvalue weighted by molar-refractivity contribution is 5.94. The van der Waals surface area contributed by atoms with Crippen LogP contribution in [0.15, 0.2) is 24.5 Å². The van der Waals surface area contributed by atoms with Crippen LogP contribution in [0.25, 0.3) is 5.82 Å². The predicted molar refractivity (Wildman–Crippen MR) is 73.3 cm³/mol. The number of nitrogens with one attached hydrogen (secondary N) is 1. The lowest BCUT2D eigenvalue weighted by atomic mass is 10.2. The average molecular weight is 343 g/mol. The molecule has 0 saturated carbocycles. The molecule has 0 saturated heterocycles. The van der Waals surface area contributed by atoms with Gasteiger partial charge in [0.25, 0.3) is 5.91 Å². The van der Waals surface area contributed by atoms with E-state index in [0.717, 1.165) is 23.0 Å². The number of amides is 1. The van der Waals surface area contributed by atoms with E-state index in [1.807, 2.05) is 0 Å². The first kappa shape index (κ1) is 17.4. The van der Waals surface area contributed by atoms with Crippen LogP contribution >= 0.6 is 0 Å². The topological polar surface area (TPSA) is 110 Å². The number of nitrogens with zero attached hydrogens (tertiary/aromatic N) is 4. The lowest BCUT2D eigenvalue weighted by molar-refractivity contribution is -0.139. The molecule has 0 spiro atoms. The van der Waals surface area contributed by atoms with E-state index in [2.05, 4.69) is 20.6 Å². The molecule has 0 aliphatic rings. The highest BCUT2D eigenvalue weighted by atomic mass is 19.4. The third-order valence-corrected chi connectivity index (χ3v) is 3.05. The number of hydrogen-bond acceptors (Lipinski definition) is 5. The largest absolute Gasteiger partial charge is 0.480 e. The molecule has 0 aromatic carbocycles. The van der Waals surface area contributed by atoms with Gasteiger partial charge in [-0.15, -0.1) is 5.10 Å². The Balaban J connectivity index is 2.15. The van der Waals surface area contributed by atoms with Crippen molar-refractivity contribution < 1.29 is 27.9 Å². The first-order valence-electron chi connectivity index (χ1n) is 6.72. The van der Waals surface area contributed by atoms with Crippen molar-refractivity contribution in [3.05, 3.63) is 35.8 Å². The Bertz CT molecular complexity index is 742. The Morgan fingerprint density at radius 1 is 1.38 bits per heavy atom. The van der Waals surface area contributed by atoms with Gasteiger partial charge in [0, 0.05) is 6.20 Å². The highest BCUT2D eigenvalue weighted by Gasteiger charge is 2.30. The summed E-state index contributed by atoms with van der Waals surface area (Å²) in [6, 6.07) is 0.818. The van der Waals surface area contributed by atoms with Gasteiger partial charge in [-0.1, -0.05) is 12.1 Å². The van der Waals surface area contributed by atoms with E-state index in [9.17, 15) is 22.8 Å². The summed E-state index contributed by atoms with van der Waals surface area (Å²) in [5.74, 6) is -1.93. The number of pyridine rings is 1. The zero-order valence-corrected chi connectivity index (χ0v) is 12.3. The van der Waals surface area contributed by atoms with Crippen LogP contribution in [-0.4, -0.2) is 43.0 Å². The molecule has 2 rings (SSSR count). The van der Waals surface area contributed by atoms with Crippen LogP contribution in [-0.2, 0) is 11.0 Å². The summed E-state index contributed by atoms with van der Waals surface area (Å²) in [5.41, 5.74) is -1.10. The number of aliphatic carboxylic acids is 1. The average Bonchev–Trinajstić information content (AvgIpc) is 3.01. The van der Waals surface area contributed by atoms with Gasteiger partial charge in [-0.25, -0.2) is 14.5 Å². The summed E-state index contributed by atoms with van der Waals surface area (Å²) in [7, 11) is 0. The van der Waals surface area contributed by atoms with Crippen LogP contribution in [0.4, 0.5) is 13.2 Å². The van der Waals surface area contributed by atoms with E-state index in [1.54, 1.807) is 6.92 Å². The molecule has 2 heterocycles. The van der Waals surface area contributed by atoms with Crippen LogP contribution in [0, 0.1) is 0 Å². The van der Waals surface area contributed by atoms with Crippen molar-refractivity contribution in [3.8, 4) is 5.82 Å². The van der Waals surface area contributed by atoms with Gasteiger partial charge >= 0.3 is 12.1 Å². The van der Waals surface area contributed by atoms with Gasteiger partial charge in [0.1, 0.15) is 6.04 Å². The molecular weight excluding hydrogens is 331 g/mol. The van der Waals surface area contributed by atoms with Crippen LogP contribution in [0.1, 0.15) is 29.4 Å². The van der Waals surface area contributed by atoms with Crippen molar-refractivity contribution >= 4 is 11.9 Å². The molecule has 128 valence electrons. The molecule has 1 atom stereocenters. The van der Waals surface area contributed by atoms with Crippen molar-refractivity contribution in [2.75, 3.05) is 0 Å². The Morgan fingerprint density at radius 2 is 2.08 bits per heavy atom.